The molecule has 0 radical (unpaired) electrons. The summed E-state index contributed by atoms with van der Waals surface area (Å²) in [6.45, 7) is 9.57. The van der Waals surface area contributed by atoms with Crippen LogP contribution < -0.4 is 5.32 Å². The molecule has 2 atom stereocenters. The molecule has 1 fully saturated rings. The van der Waals surface area contributed by atoms with Crippen molar-refractivity contribution >= 4 is 9.84 Å². The molecule has 120 valence electrons. The zero-order chi connectivity index (χ0) is 15.4. The minimum atomic E-state index is -2.86. The van der Waals surface area contributed by atoms with Crippen LogP contribution in [0.25, 0.3) is 0 Å². The molecule has 1 saturated carbocycles. The van der Waals surface area contributed by atoms with Gasteiger partial charge in [-0.15, -0.1) is 0 Å². The fourth-order valence-corrected chi connectivity index (χ4v) is 3.91. The highest BCUT2D eigenvalue weighted by atomic mass is 32.2. The van der Waals surface area contributed by atoms with Crippen molar-refractivity contribution in [1.29, 1.82) is 0 Å². The zero-order valence-corrected chi connectivity index (χ0v) is 14.6. The standard InChI is InChI=1S/C15H32N2O2S/c1-6-9-16-14-13(7-8-15(14,2)3)12-17(4)10-11-20(5,18)19/h13-14,16H,6-12H2,1-5H3. The number of nitrogens with one attached hydrogen (secondary N) is 1. The van der Waals surface area contributed by atoms with Gasteiger partial charge in [-0.05, 0) is 44.2 Å². The molecule has 5 heteroatoms. The molecule has 2 unspecified atom stereocenters. The summed E-state index contributed by atoms with van der Waals surface area (Å²) in [7, 11) is -0.826. The molecule has 1 aliphatic rings. The lowest BCUT2D eigenvalue weighted by Crippen LogP contribution is -2.45. The van der Waals surface area contributed by atoms with Gasteiger partial charge in [0.15, 0.2) is 0 Å². The van der Waals surface area contributed by atoms with Gasteiger partial charge in [0.2, 0.25) is 0 Å². The van der Waals surface area contributed by atoms with E-state index in [-0.39, 0.29) is 5.75 Å². The molecule has 0 amide bonds. The van der Waals surface area contributed by atoms with Gasteiger partial charge in [0.1, 0.15) is 9.84 Å². The summed E-state index contributed by atoms with van der Waals surface area (Å²) < 4.78 is 22.5. The van der Waals surface area contributed by atoms with E-state index >= 15 is 0 Å². The Bertz CT molecular complexity index is 393. The molecule has 4 nitrogen and oxygen atoms in total. The van der Waals surface area contributed by atoms with E-state index in [1.54, 1.807) is 0 Å². The van der Waals surface area contributed by atoms with Crippen LogP contribution in [0.4, 0.5) is 0 Å². The van der Waals surface area contributed by atoms with Crippen molar-refractivity contribution in [2.45, 2.75) is 46.1 Å². The second kappa shape index (κ2) is 7.23. The predicted molar refractivity (Wildman–Crippen MR) is 85.8 cm³/mol. The average Bonchev–Trinajstić information content (AvgIpc) is 2.59. The Kier molecular flexibility index (Phi) is 6.48. The van der Waals surface area contributed by atoms with Crippen LogP contribution in [0.3, 0.4) is 0 Å². The Morgan fingerprint density at radius 2 is 2.00 bits per heavy atom. The van der Waals surface area contributed by atoms with Gasteiger partial charge in [-0.3, -0.25) is 0 Å². The van der Waals surface area contributed by atoms with E-state index in [1.165, 1.54) is 19.1 Å². The molecule has 0 aromatic rings. The van der Waals surface area contributed by atoms with Gasteiger partial charge in [-0.25, -0.2) is 8.42 Å². The first-order valence-electron chi connectivity index (χ1n) is 7.75. The van der Waals surface area contributed by atoms with Crippen LogP contribution in [-0.2, 0) is 9.84 Å². The largest absolute Gasteiger partial charge is 0.313 e. The molecule has 0 heterocycles. The summed E-state index contributed by atoms with van der Waals surface area (Å²) in [6.07, 6.45) is 4.95. The van der Waals surface area contributed by atoms with Crippen molar-refractivity contribution in [2.75, 3.05) is 38.7 Å². The quantitative estimate of drug-likeness (QED) is 0.742. The van der Waals surface area contributed by atoms with E-state index < -0.39 is 9.84 Å². The molecule has 0 aromatic carbocycles. The normalized spacial score (nSPS) is 26.3. The van der Waals surface area contributed by atoms with E-state index in [9.17, 15) is 8.42 Å². The topological polar surface area (TPSA) is 49.4 Å². The van der Waals surface area contributed by atoms with Crippen LogP contribution >= 0.6 is 0 Å². The third kappa shape index (κ3) is 5.70. The second-order valence-corrected chi connectivity index (χ2v) is 9.37. The molecule has 0 aliphatic heterocycles. The minimum absolute atomic E-state index is 0.257. The van der Waals surface area contributed by atoms with Gasteiger partial charge < -0.3 is 10.2 Å². The van der Waals surface area contributed by atoms with E-state index in [4.69, 9.17) is 0 Å². The highest BCUT2D eigenvalue weighted by Gasteiger charge is 2.41. The molecular weight excluding hydrogens is 272 g/mol. The lowest BCUT2D eigenvalue weighted by atomic mass is 9.84. The van der Waals surface area contributed by atoms with E-state index in [1.807, 2.05) is 7.05 Å². The molecule has 1 rings (SSSR count). The van der Waals surface area contributed by atoms with Crippen LogP contribution in [0.5, 0.6) is 0 Å². The van der Waals surface area contributed by atoms with Crippen LogP contribution in [0, 0.1) is 11.3 Å². The number of sulfone groups is 1. The van der Waals surface area contributed by atoms with Crippen LogP contribution in [0.2, 0.25) is 0 Å². The summed E-state index contributed by atoms with van der Waals surface area (Å²) in [5, 5.41) is 3.70. The van der Waals surface area contributed by atoms with Gasteiger partial charge in [0.25, 0.3) is 0 Å². The third-order valence-electron chi connectivity index (χ3n) is 4.48. The van der Waals surface area contributed by atoms with Gasteiger partial charge in [-0.2, -0.15) is 0 Å². The summed E-state index contributed by atoms with van der Waals surface area (Å²) in [4.78, 5) is 2.17. The molecule has 1 aliphatic carbocycles. The van der Waals surface area contributed by atoms with Crippen molar-refractivity contribution < 1.29 is 8.42 Å². The molecule has 0 bridgehead atoms. The lowest BCUT2D eigenvalue weighted by Gasteiger charge is -2.33. The number of hydrogen-bond donors (Lipinski definition) is 1. The van der Waals surface area contributed by atoms with E-state index in [0.717, 1.165) is 19.5 Å². The van der Waals surface area contributed by atoms with Crippen molar-refractivity contribution in [3.63, 3.8) is 0 Å². The summed E-state index contributed by atoms with van der Waals surface area (Å²) in [6, 6.07) is 0.545. The van der Waals surface area contributed by atoms with Gasteiger partial charge in [0, 0.05) is 25.4 Å². The maximum absolute atomic E-state index is 11.2. The maximum atomic E-state index is 11.2. The first-order valence-corrected chi connectivity index (χ1v) is 9.81. The van der Waals surface area contributed by atoms with Crippen molar-refractivity contribution in [1.82, 2.24) is 10.2 Å². The first kappa shape index (κ1) is 17.9. The van der Waals surface area contributed by atoms with Crippen molar-refractivity contribution in [3.8, 4) is 0 Å². The Balaban J connectivity index is 2.52. The molecule has 1 N–H and O–H groups in total. The highest BCUT2D eigenvalue weighted by molar-refractivity contribution is 7.90. The van der Waals surface area contributed by atoms with Crippen LogP contribution in [0.15, 0.2) is 0 Å². The molecule has 20 heavy (non-hydrogen) atoms. The average molecular weight is 305 g/mol. The van der Waals surface area contributed by atoms with Crippen LogP contribution in [0.1, 0.15) is 40.0 Å². The predicted octanol–water partition coefficient (Wildman–Crippen LogP) is 1.77. The SMILES string of the molecule is CCCNC1C(CN(C)CCS(C)(=O)=O)CCC1(C)C. The summed E-state index contributed by atoms with van der Waals surface area (Å²) >= 11 is 0. The van der Waals surface area contributed by atoms with E-state index in [2.05, 4.69) is 31.0 Å². The second-order valence-electron chi connectivity index (χ2n) is 7.11. The Morgan fingerprint density at radius 3 is 2.55 bits per heavy atom. The first-order chi connectivity index (χ1) is 9.15. The molecular formula is C15H32N2O2S. The Hall–Kier alpha value is -0.130. The summed E-state index contributed by atoms with van der Waals surface area (Å²) in [5.74, 6) is 0.883. The maximum Gasteiger partial charge on any atom is 0.148 e. The number of rotatable bonds is 8. The van der Waals surface area contributed by atoms with Crippen LogP contribution in [-0.4, -0.2) is 58.1 Å². The summed E-state index contributed by atoms with van der Waals surface area (Å²) in [5.41, 5.74) is 0.345. The molecule has 0 spiro atoms. The van der Waals surface area contributed by atoms with Gasteiger partial charge in [-0.1, -0.05) is 20.8 Å². The number of nitrogens with zero attached hydrogens (tertiary/aromatic N) is 1. The fourth-order valence-electron chi connectivity index (χ4n) is 3.27. The monoisotopic (exact) mass is 304 g/mol. The zero-order valence-electron chi connectivity index (χ0n) is 13.8. The smallest absolute Gasteiger partial charge is 0.148 e. The van der Waals surface area contributed by atoms with E-state index in [0.29, 0.717) is 23.9 Å². The van der Waals surface area contributed by atoms with Crippen molar-refractivity contribution in [3.05, 3.63) is 0 Å². The highest BCUT2D eigenvalue weighted by Crippen LogP contribution is 2.41. The third-order valence-corrected chi connectivity index (χ3v) is 5.40. The minimum Gasteiger partial charge on any atom is -0.313 e. The fraction of sp³-hybridized carbons (Fsp3) is 1.00. The molecule has 0 aromatic heterocycles. The lowest BCUT2D eigenvalue weighted by molar-refractivity contribution is 0.208. The Morgan fingerprint density at radius 1 is 1.35 bits per heavy atom. The van der Waals surface area contributed by atoms with Crippen molar-refractivity contribution in [2.24, 2.45) is 11.3 Å². The van der Waals surface area contributed by atoms with Gasteiger partial charge in [0.05, 0.1) is 5.75 Å². The Labute approximate surface area is 125 Å². The molecule has 0 saturated heterocycles. The number of hydrogen-bond acceptors (Lipinski definition) is 4. The van der Waals surface area contributed by atoms with Gasteiger partial charge >= 0.3 is 0 Å².